The Morgan fingerprint density at radius 1 is 0.760 bits per heavy atom. The summed E-state index contributed by atoms with van der Waals surface area (Å²) in [5.41, 5.74) is 0. The molecule has 0 N–H and O–H groups in total. The molecule has 0 saturated heterocycles. The minimum absolute atomic E-state index is 0.0390. The molecule has 0 aliphatic rings. The monoisotopic (exact) mass is 390 g/mol. The predicted molar refractivity (Wildman–Crippen MR) is 88.2 cm³/mol. The fourth-order valence-electron chi connectivity index (χ4n) is 1.26. The van der Waals surface area contributed by atoms with Crippen molar-refractivity contribution < 1.29 is 31.0 Å². The number of nitrogens with zero attached hydrogens (tertiary/aromatic N) is 2. The van der Waals surface area contributed by atoms with E-state index in [1.807, 2.05) is 0 Å². The van der Waals surface area contributed by atoms with Gasteiger partial charge in [0, 0.05) is 0 Å². The van der Waals surface area contributed by atoms with E-state index in [1.165, 1.54) is 19.1 Å². The summed E-state index contributed by atoms with van der Waals surface area (Å²) in [6.45, 7) is 4.67. The van der Waals surface area contributed by atoms with Crippen LogP contribution in [-0.4, -0.2) is 36.7 Å². The van der Waals surface area contributed by atoms with Gasteiger partial charge in [-0.25, -0.2) is 16.8 Å². The van der Waals surface area contributed by atoms with Crippen LogP contribution >= 0.6 is 0 Å². The molecule has 0 aromatic carbocycles. The second kappa shape index (κ2) is 10.4. The molecule has 0 spiro atoms. The maximum Gasteiger partial charge on any atom is 0.234 e. The lowest BCUT2D eigenvalue weighted by Crippen LogP contribution is -2.18. The van der Waals surface area contributed by atoms with E-state index < -0.39 is 33.7 Å². The van der Waals surface area contributed by atoms with Crippen LogP contribution in [0.25, 0.3) is 0 Å². The molecular weight excluding hydrogens is 372 g/mol. The molecule has 138 valence electrons. The van der Waals surface area contributed by atoms with Crippen LogP contribution in [0, 0.1) is 22.7 Å². The highest BCUT2D eigenvalue weighted by Crippen LogP contribution is 2.27. The van der Waals surface area contributed by atoms with E-state index in [0.717, 1.165) is 0 Å². The second-order valence-electron chi connectivity index (χ2n) is 4.00. The number of nitriles is 2. The first kappa shape index (κ1) is 22.5. The summed E-state index contributed by atoms with van der Waals surface area (Å²) in [5, 5.41) is 18.0. The molecule has 0 atom stereocenters. The van der Waals surface area contributed by atoms with Gasteiger partial charge in [-0.15, -0.1) is 0 Å². The van der Waals surface area contributed by atoms with Crippen LogP contribution in [0.15, 0.2) is 32.8 Å². The highest BCUT2D eigenvalue weighted by atomic mass is 32.3. The summed E-state index contributed by atoms with van der Waals surface area (Å²) < 4.78 is 63.2. The van der Waals surface area contributed by atoms with Crippen molar-refractivity contribution in [1.82, 2.24) is 0 Å². The van der Waals surface area contributed by atoms with Crippen LogP contribution in [0.3, 0.4) is 0 Å². The lowest BCUT2D eigenvalue weighted by molar-refractivity contribution is 0.268. The average Bonchev–Trinajstić information content (AvgIpc) is 2.55. The topological polar surface area (TPSA) is 144 Å². The zero-order valence-electron chi connectivity index (χ0n) is 13.9. The Labute approximate surface area is 147 Å². The summed E-state index contributed by atoms with van der Waals surface area (Å²) >= 11 is 0. The van der Waals surface area contributed by atoms with Gasteiger partial charge in [0.05, 0.1) is 19.8 Å². The van der Waals surface area contributed by atoms with Gasteiger partial charge in [0.1, 0.15) is 30.9 Å². The van der Waals surface area contributed by atoms with E-state index in [-0.39, 0.29) is 19.8 Å². The summed E-state index contributed by atoms with van der Waals surface area (Å²) in [7, 11) is -9.64. The maximum absolute atomic E-state index is 12.5. The minimum Gasteiger partial charge on any atom is -0.499 e. The zero-order valence-corrected chi connectivity index (χ0v) is 15.6. The molecule has 0 aromatic heterocycles. The average molecular weight is 390 g/mol. The van der Waals surface area contributed by atoms with Gasteiger partial charge in [0.2, 0.25) is 23.9 Å². The fraction of sp³-hybridized carbons (Fsp3) is 0.429. The third-order valence-electron chi connectivity index (χ3n) is 2.39. The van der Waals surface area contributed by atoms with E-state index in [4.69, 9.17) is 24.7 Å². The largest absolute Gasteiger partial charge is 0.499 e. The van der Waals surface area contributed by atoms with Crippen LogP contribution in [0.2, 0.25) is 0 Å². The summed E-state index contributed by atoms with van der Waals surface area (Å²) in [4.78, 5) is -1.89. The number of rotatable bonds is 10. The quantitative estimate of drug-likeness (QED) is 0.400. The highest BCUT2D eigenvalue weighted by molar-refractivity contribution is 8.17. The Hall–Kier alpha value is -2.50. The van der Waals surface area contributed by atoms with E-state index in [1.54, 1.807) is 13.8 Å². The van der Waals surface area contributed by atoms with Crippen molar-refractivity contribution in [1.29, 1.82) is 10.5 Å². The first-order valence-corrected chi connectivity index (χ1v) is 9.96. The minimum atomic E-state index is -4.82. The summed E-state index contributed by atoms with van der Waals surface area (Å²) in [6, 6.07) is 2.72. The number of ether oxygens (including phenoxy) is 3. The summed E-state index contributed by atoms with van der Waals surface area (Å²) in [5.74, 6) is 0. The van der Waals surface area contributed by atoms with Gasteiger partial charge in [0.25, 0.3) is 0 Å². The Kier molecular flexibility index (Phi) is 9.34. The van der Waals surface area contributed by atoms with Crippen LogP contribution in [-0.2, 0) is 33.9 Å². The zero-order chi connectivity index (χ0) is 19.5. The Morgan fingerprint density at radius 3 is 1.36 bits per heavy atom. The van der Waals surface area contributed by atoms with Crippen LogP contribution in [0.4, 0.5) is 0 Å². The number of hydrogen-bond acceptors (Lipinski definition) is 9. The van der Waals surface area contributed by atoms with Gasteiger partial charge in [-0.2, -0.15) is 10.5 Å². The van der Waals surface area contributed by atoms with Gasteiger partial charge in [-0.1, -0.05) is 0 Å². The third-order valence-corrected chi connectivity index (χ3v) is 6.49. The smallest absolute Gasteiger partial charge is 0.234 e. The molecule has 0 radical (unpaired) electrons. The first-order valence-electron chi connectivity index (χ1n) is 6.99. The lowest BCUT2D eigenvalue weighted by Gasteiger charge is -2.09. The molecule has 0 aromatic rings. The standard InChI is InChI=1S/C14H18N2O7S2/c1-4-21-9-12(7-15)24(17,18)14(11-23-6-3)25(19,20)13(8-16)10-22-5-2/h9-11H,4-6H2,1-3H3. The van der Waals surface area contributed by atoms with Crippen molar-refractivity contribution in [2.75, 3.05) is 19.8 Å². The van der Waals surface area contributed by atoms with Gasteiger partial charge in [0.15, 0.2) is 9.81 Å². The van der Waals surface area contributed by atoms with Crippen LogP contribution < -0.4 is 0 Å². The van der Waals surface area contributed by atoms with Gasteiger partial charge < -0.3 is 14.2 Å². The Bertz CT molecular complexity index is 773. The molecule has 0 fully saturated rings. The third kappa shape index (κ3) is 5.81. The van der Waals surface area contributed by atoms with Crippen molar-refractivity contribution in [2.45, 2.75) is 20.8 Å². The Balaban J connectivity index is 6.49. The molecule has 0 rings (SSSR count). The molecule has 0 bridgehead atoms. The van der Waals surface area contributed by atoms with Crippen LogP contribution in [0.5, 0.6) is 0 Å². The number of hydrogen-bond donors (Lipinski definition) is 0. The normalized spacial score (nSPS) is 12.5. The molecule has 9 nitrogen and oxygen atoms in total. The van der Waals surface area contributed by atoms with Crippen molar-refractivity contribution in [3.8, 4) is 12.1 Å². The molecule has 0 amide bonds. The van der Waals surface area contributed by atoms with Crippen molar-refractivity contribution in [3.63, 3.8) is 0 Å². The van der Waals surface area contributed by atoms with Gasteiger partial charge in [-0.3, -0.25) is 0 Å². The van der Waals surface area contributed by atoms with E-state index in [9.17, 15) is 16.8 Å². The maximum atomic E-state index is 12.5. The highest BCUT2D eigenvalue weighted by Gasteiger charge is 2.38. The number of sulfone groups is 2. The number of allylic oxidation sites excluding steroid dienone is 2. The van der Waals surface area contributed by atoms with Crippen molar-refractivity contribution in [3.05, 3.63) is 32.8 Å². The predicted octanol–water partition coefficient (Wildman–Crippen LogP) is 1.45. The summed E-state index contributed by atoms with van der Waals surface area (Å²) in [6.07, 6.45) is 1.73. The second-order valence-corrected chi connectivity index (χ2v) is 8.03. The van der Waals surface area contributed by atoms with E-state index in [2.05, 4.69) is 0 Å². The lowest BCUT2D eigenvalue weighted by atomic mass is 10.7. The van der Waals surface area contributed by atoms with E-state index in [0.29, 0.717) is 18.8 Å². The van der Waals surface area contributed by atoms with Gasteiger partial charge in [-0.05, 0) is 20.8 Å². The molecule has 0 saturated carbocycles. The molecule has 0 aliphatic carbocycles. The Morgan fingerprint density at radius 2 is 1.08 bits per heavy atom. The van der Waals surface area contributed by atoms with Gasteiger partial charge >= 0.3 is 0 Å². The molecule has 25 heavy (non-hydrogen) atoms. The van der Waals surface area contributed by atoms with Crippen LogP contribution in [0.1, 0.15) is 20.8 Å². The van der Waals surface area contributed by atoms with E-state index >= 15 is 0 Å². The van der Waals surface area contributed by atoms with Crippen molar-refractivity contribution in [2.24, 2.45) is 0 Å². The fourth-order valence-corrected chi connectivity index (χ4v) is 4.40. The molecule has 0 unspecified atom stereocenters. The molecule has 0 heterocycles. The van der Waals surface area contributed by atoms with Crippen molar-refractivity contribution >= 4 is 19.7 Å². The first-order chi connectivity index (χ1) is 11.7. The molecule has 11 heteroatoms. The molecular formula is C14H18N2O7S2. The molecule has 0 aliphatic heterocycles. The SMILES string of the molecule is CCOC=C(C#N)S(=O)(=O)C(=COCC)S(=O)(=O)C(C#N)=COCC.